The maximum absolute atomic E-state index is 10.7. The van der Waals surface area contributed by atoms with Crippen LogP contribution < -0.4 is 4.90 Å². The molecule has 5 nitrogen and oxygen atoms in total. The van der Waals surface area contributed by atoms with Crippen LogP contribution in [0.2, 0.25) is 0 Å². The highest BCUT2D eigenvalue weighted by atomic mass is 32.1. The fourth-order valence-electron chi connectivity index (χ4n) is 1.53. The molecule has 2 rings (SSSR count). The maximum atomic E-state index is 10.7. The molecule has 0 aliphatic carbocycles. The number of carboxylic acids is 1. The Labute approximate surface area is 109 Å². The van der Waals surface area contributed by atoms with Crippen molar-refractivity contribution in [3.05, 3.63) is 40.5 Å². The summed E-state index contributed by atoms with van der Waals surface area (Å²) in [6.07, 6.45) is 2.75. The van der Waals surface area contributed by atoms with Crippen LogP contribution in [0.4, 0.5) is 5.82 Å². The summed E-state index contributed by atoms with van der Waals surface area (Å²) in [6.45, 7) is 2.07. The molecule has 1 N–H and O–H groups in total. The SMILES string of the molecule is CC(c1cccs1)N(C)c1cnc(C(=O)O)cn1. The van der Waals surface area contributed by atoms with Crippen LogP contribution in [0, 0.1) is 0 Å². The third-order valence-electron chi connectivity index (χ3n) is 2.75. The van der Waals surface area contributed by atoms with E-state index < -0.39 is 5.97 Å². The molecule has 0 aromatic carbocycles. The molecular weight excluding hydrogens is 250 g/mol. The summed E-state index contributed by atoms with van der Waals surface area (Å²) in [5, 5.41) is 10.8. The van der Waals surface area contributed by atoms with Crippen LogP contribution in [-0.2, 0) is 0 Å². The predicted molar refractivity (Wildman–Crippen MR) is 70.1 cm³/mol. The molecule has 0 saturated carbocycles. The van der Waals surface area contributed by atoms with Gasteiger partial charge in [-0.2, -0.15) is 0 Å². The van der Waals surface area contributed by atoms with Crippen molar-refractivity contribution >= 4 is 23.1 Å². The van der Waals surface area contributed by atoms with Gasteiger partial charge in [-0.15, -0.1) is 11.3 Å². The summed E-state index contributed by atoms with van der Waals surface area (Å²) in [5.74, 6) is -0.413. The number of hydrogen-bond acceptors (Lipinski definition) is 5. The zero-order valence-corrected chi connectivity index (χ0v) is 10.9. The second-order valence-electron chi connectivity index (χ2n) is 3.87. The first kappa shape index (κ1) is 12.5. The molecule has 2 aromatic heterocycles. The molecule has 0 bridgehead atoms. The number of aromatic nitrogens is 2. The van der Waals surface area contributed by atoms with E-state index in [1.165, 1.54) is 17.3 Å². The Morgan fingerprint density at radius 3 is 2.72 bits per heavy atom. The molecule has 0 aliphatic rings. The Kier molecular flexibility index (Phi) is 3.57. The Balaban J connectivity index is 2.18. The van der Waals surface area contributed by atoms with E-state index in [4.69, 9.17) is 5.11 Å². The first-order chi connectivity index (χ1) is 8.59. The van der Waals surface area contributed by atoms with Crippen LogP contribution in [0.25, 0.3) is 0 Å². The van der Waals surface area contributed by atoms with Crippen LogP contribution in [0.3, 0.4) is 0 Å². The van der Waals surface area contributed by atoms with Gasteiger partial charge in [0.05, 0.1) is 18.4 Å². The summed E-state index contributed by atoms with van der Waals surface area (Å²) in [7, 11) is 1.91. The van der Waals surface area contributed by atoms with Crippen molar-refractivity contribution in [1.82, 2.24) is 9.97 Å². The van der Waals surface area contributed by atoms with E-state index in [1.807, 2.05) is 23.4 Å². The molecule has 0 saturated heterocycles. The minimum Gasteiger partial charge on any atom is -0.476 e. The summed E-state index contributed by atoms with van der Waals surface area (Å²) in [5.41, 5.74) is -0.0454. The van der Waals surface area contributed by atoms with Gasteiger partial charge in [-0.1, -0.05) is 6.07 Å². The maximum Gasteiger partial charge on any atom is 0.356 e. The Morgan fingerprint density at radius 1 is 1.44 bits per heavy atom. The number of carboxylic acid groups (broad SMARTS) is 1. The first-order valence-corrected chi connectivity index (χ1v) is 6.29. The van der Waals surface area contributed by atoms with Gasteiger partial charge in [-0.25, -0.2) is 14.8 Å². The lowest BCUT2D eigenvalue weighted by molar-refractivity contribution is 0.0690. The van der Waals surface area contributed by atoms with Crippen molar-refractivity contribution in [2.45, 2.75) is 13.0 Å². The molecular formula is C12H13N3O2S. The van der Waals surface area contributed by atoms with Crippen molar-refractivity contribution in [2.24, 2.45) is 0 Å². The van der Waals surface area contributed by atoms with Gasteiger partial charge in [0.2, 0.25) is 0 Å². The van der Waals surface area contributed by atoms with E-state index in [9.17, 15) is 4.79 Å². The van der Waals surface area contributed by atoms with Gasteiger partial charge in [-0.05, 0) is 18.4 Å². The molecule has 2 aromatic rings. The van der Waals surface area contributed by atoms with E-state index in [-0.39, 0.29) is 11.7 Å². The van der Waals surface area contributed by atoms with Crippen LogP contribution in [0.5, 0.6) is 0 Å². The van der Waals surface area contributed by atoms with E-state index in [2.05, 4.69) is 23.0 Å². The van der Waals surface area contributed by atoms with E-state index >= 15 is 0 Å². The van der Waals surface area contributed by atoms with Crippen molar-refractivity contribution < 1.29 is 9.90 Å². The van der Waals surface area contributed by atoms with Crippen LogP contribution in [-0.4, -0.2) is 28.1 Å². The Morgan fingerprint density at radius 2 is 2.22 bits per heavy atom. The van der Waals surface area contributed by atoms with Gasteiger partial charge in [0.25, 0.3) is 0 Å². The van der Waals surface area contributed by atoms with Gasteiger partial charge in [-0.3, -0.25) is 0 Å². The minimum atomic E-state index is -1.07. The standard InChI is InChI=1S/C12H13N3O2S/c1-8(10-4-3-5-18-10)15(2)11-7-13-9(6-14-11)12(16)17/h3-8H,1-2H3,(H,16,17). The number of hydrogen-bond donors (Lipinski definition) is 1. The highest BCUT2D eigenvalue weighted by Gasteiger charge is 2.15. The molecule has 0 aliphatic heterocycles. The predicted octanol–water partition coefficient (Wildman–Crippen LogP) is 2.43. The highest BCUT2D eigenvalue weighted by molar-refractivity contribution is 7.10. The first-order valence-electron chi connectivity index (χ1n) is 5.41. The summed E-state index contributed by atoms with van der Waals surface area (Å²) in [6, 6.07) is 4.24. The molecule has 6 heteroatoms. The number of nitrogens with zero attached hydrogens (tertiary/aromatic N) is 3. The normalized spacial score (nSPS) is 12.1. The zero-order valence-electron chi connectivity index (χ0n) is 10.1. The lowest BCUT2D eigenvalue weighted by Crippen LogP contribution is -2.22. The van der Waals surface area contributed by atoms with Crippen LogP contribution >= 0.6 is 11.3 Å². The van der Waals surface area contributed by atoms with Gasteiger partial charge in [0.15, 0.2) is 5.69 Å². The fraction of sp³-hybridized carbons (Fsp3) is 0.250. The second kappa shape index (κ2) is 5.14. The molecule has 0 radical (unpaired) electrons. The number of thiophene rings is 1. The fourth-order valence-corrected chi connectivity index (χ4v) is 2.36. The van der Waals surface area contributed by atoms with Crippen molar-refractivity contribution in [2.75, 3.05) is 11.9 Å². The minimum absolute atomic E-state index is 0.0454. The molecule has 0 spiro atoms. The largest absolute Gasteiger partial charge is 0.476 e. The number of carbonyl (C=O) groups is 1. The lowest BCUT2D eigenvalue weighted by atomic mass is 10.2. The van der Waals surface area contributed by atoms with Gasteiger partial charge in [0, 0.05) is 11.9 Å². The third kappa shape index (κ3) is 2.48. The molecule has 0 amide bonds. The Hall–Kier alpha value is -1.95. The molecule has 0 fully saturated rings. The summed E-state index contributed by atoms with van der Waals surface area (Å²) in [4.78, 5) is 21.9. The number of aromatic carboxylic acids is 1. The monoisotopic (exact) mass is 263 g/mol. The third-order valence-corrected chi connectivity index (χ3v) is 3.80. The molecule has 1 unspecified atom stereocenters. The second-order valence-corrected chi connectivity index (χ2v) is 4.85. The zero-order chi connectivity index (χ0) is 13.1. The van der Waals surface area contributed by atoms with Gasteiger partial charge < -0.3 is 10.0 Å². The smallest absolute Gasteiger partial charge is 0.356 e. The number of anilines is 1. The quantitative estimate of drug-likeness (QED) is 0.917. The van der Waals surface area contributed by atoms with Crippen molar-refractivity contribution in [3.63, 3.8) is 0 Å². The topological polar surface area (TPSA) is 66.3 Å². The molecule has 94 valence electrons. The highest BCUT2D eigenvalue weighted by Crippen LogP contribution is 2.26. The summed E-state index contributed by atoms with van der Waals surface area (Å²) >= 11 is 1.68. The number of rotatable bonds is 4. The molecule has 1 atom stereocenters. The van der Waals surface area contributed by atoms with Crippen LogP contribution in [0.15, 0.2) is 29.9 Å². The average Bonchev–Trinajstić information content (AvgIpc) is 2.91. The van der Waals surface area contributed by atoms with Crippen molar-refractivity contribution in [3.8, 4) is 0 Å². The van der Waals surface area contributed by atoms with Crippen molar-refractivity contribution in [1.29, 1.82) is 0 Å². The van der Waals surface area contributed by atoms with E-state index in [0.717, 1.165) is 0 Å². The van der Waals surface area contributed by atoms with Gasteiger partial charge in [0.1, 0.15) is 5.82 Å². The van der Waals surface area contributed by atoms with E-state index in [1.54, 1.807) is 11.3 Å². The average molecular weight is 263 g/mol. The van der Waals surface area contributed by atoms with E-state index in [0.29, 0.717) is 5.82 Å². The molecule has 18 heavy (non-hydrogen) atoms. The lowest BCUT2D eigenvalue weighted by Gasteiger charge is -2.24. The Bertz CT molecular complexity index is 525. The molecule has 2 heterocycles. The van der Waals surface area contributed by atoms with Gasteiger partial charge >= 0.3 is 5.97 Å². The van der Waals surface area contributed by atoms with Crippen LogP contribution in [0.1, 0.15) is 28.3 Å². The summed E-state index contributed by atoms with van der Waals surface area (Å²) < 4.78 is 0.